The summed E-state index contributed by atoms with van der Waals surface area (Å²) in [5, 5.41) is 10.1. The normalized spacial score (nSPS) is 17.1. The molecule has 2 aromatic rings. The Morgan fingerprint density at radius 3 is 2.57 bits per heavy atom. The van der Waals surface area contributed by atoms with E-state index in [4.69, 9.17) is 21.1 Å². The second-order valence-electron chi connectivity index (χ2n) is 6.99. The molecule has 0 amide bonds. The molecule has 0 aliphatic carbocycles. The van der Waals surface area contributed by atoms with Crippen molar-refractivity contribution in [2.75, 3.05) is 31.2 Å². The third-order valence-corrected chi connectivity index (χ3v) is 5.31. The molecule has 2 aliphatic rings. The number of ketones is 1. The number of carbonyl (C=O) groups is 1. The summed E-state index contributed by atoms with van der Waals surface area (Å²) in [5.74, 6) is 1.07. The Morgan fingerprint density at radius 1 is 1.11 bits per heavy atom. The number of carbonyl (C=O) groups excluding carboxylic acids is 1. The molecule has 0 spiro atoms. The zero-order chi connectivity index (χ0) is 19.5. The summed E-state index contributed by atoms with van der Waals surface area (Å²) in [7, 11) is 0. The van der Waals surface area contributed by atoms with E-state index in [9.17, 15) is 9.90 Å². The minimum Gasteiger partial charge on any atom is -0.486 e. The van der Waals surface area contributed by atoms with E-state index in [1.807, 2.05) is 30.3 Å². The van der Waals surface area contributed by atoms with Gasteiger partial charge in [0.2, 0.25) is 0 Å². The maximum Gasteiger partial charge on any atom is 0.185 e. The van der Waals surface area contributed by atoms with Crippen molar-refractivity contribution in [1.29, 1.82) is 0 Å². The first-order valence-electron chi connectivity index (χ1n) is 9.45. The smallest absolute Gasteiger partial charge is 0.185 e. The largest absolute Gasteiger partial charge is 0.486 e. The van der Waals surface area contributed by atoms with Gasteiger partial charge in [0.05, 0.1) is 11.1 Å². The molecular formula is C22H22ClNO4. The second kappa shape index (κ2) is 8.25. The molecule has 0 radical (unpaired) electrons. The summed E-state index contributed by atoms with van der Waals surface area (Å²) in [5.41, 5.74) is 2.48. The Kier molecular flexibility index (Phi) is 5.55. The second-order valence-corrected chi connectivity index (χ2v) is 7.40. The molecule has 2 aromatic carbocycles. The van der Waals surface area contributed by atoms with E-state index < -0.39 is 0 Å². The predicted molar refractivity (Wildman–Crippen MR) is 110 cm³/mol. The number of nitrogens with zero attached hydrogens (tertiary/aromatic N) is 1. The molecule has 146 valence electrons. The average molecular weight is 400 g/mol. The molecule has 1 fully saturated rings. The molecule has 0 bridgehead atoms. The number of fused-ring (bicyclic) bond motifs is 1. The van der Waals surface area contributed by atoms with Crippen LogP contribution in [0.1, 0.15) is 28.8 Å². The van der Waals surface area contributed by atoms with Gasteiger partial charge >= 0.3 is 0 Å². The van der Waals surface area contributed by atoms with E-state index in [1.165, 1.54) is 6.08 Å². The quantitative estimate of drug-likeness (QED) is 0.622. The molecule has 0 atom stereocenters. The molecule has 0 unspecified atom stereocenters. The third kappa shape index (κ3) is 4.16. The standard InChI is InChI=1S/C22H22ClNO4/c23-19-13-15(14-21-22(19)28-12-11-27-21)1-6-20(26)16-2-4-17(5-3-16)24-9-7-18(25)8-10-24/h1-6,13-14,18,25H,7-12H2. The fraction of sp³-hybridized carbons (Fsp3) is 0.318. The highest BCUT2D eigenvalue weighted by molar-refractivity contribution is 6.32. The van der Waals surface area contributed by atoms with Gasteiger partial charge < -0.3 is 19.5 Å². The van der Waals surface area contributed by atoms with Crippen LogP contribution in [0.4, 0.5) is 5.69 Å². The van der Waals surface area contributed by atoms with E-state index in [2.05, 4.69) is 4.90 Å². The lowest BCUT2D eigenvalue weighted by Crippen LogP contribution is -2.35. The maximum atomic E-state index is 12.5. The third-order valence-electron chi connectivity index (χ3n) is 5.03. The minimum absolute atomic E-state index is 0.0772. The predicted octanol–water partition coefficient (Wildman–Crippen LogP) is 3.97. The van der Waals surface area contributed by atoms with Crippen LogP contribution < -0.4 is 14.4 Å². The number of halogens is 1. The molecule has 2 aliphatic heterocycles. The summed E-state index contributed by atoms with van der Waals surface area (Å²) in [6.45, 7) is 2.63. The van der Waals surface area contributed by atoms with Gasteiger partial charge in [0.1, 0.15) is 13.2 Å². The molecular weight excluding hydrogens is 378 g/mol. The van der Waals surface area contributed by atoms with Crippen molar-refractivity contribution >= 4 is 29.1 Å². The van der Waals surface area contributed by atoms with Crippen LogP contribution in [0, 0.1) is 0 Å². The van der Waals surface area contributed by atoms with Gasteiger partial charge in [-0.05, 0) is 60.9 Å². The van der Waals surface area contributed by atoms with Gasteiger partial charge in [-0.2, -0.15) is 0 Å². The van der Waals surface area contributed by atoms with Crippen LogP contribution in [0.2, 0.25) is 5.02 Å². The maximum absolute atomic E-state index is 12.5. The van der Waals surface area contributed by atoms with E-state index in [0.717, 1.165) is 37.2 Å². The van der Waals surface area contributed by atoms with Crippen molar-refractivity contribution in [3.05, 3.63) is 58.6 Å². The zero-order valence-electron chi connectivity index (χ0n) is 15.4. The number of hydrogen-bond donors (Lipinski definition) is 1. The van der Waals surface area contributed by atoms with Gasteiger partial charge in [0.25, 0.3) is 0 Å². The van der Waals surface area contributed by atoms with Crippen molar-refractivity contribution in [3.8, 4) is 11.5 Å². The molecule has 2 heterocycles. The lowest BCUT2D eigenvalue weighted by atomic mass is 10.1. The first-order valence-corrected chi connectivity index (χ1v) is 9.82. The molecule has 1 saturated heterocycles. The van der Waals surface area contributed by atoms with Crippen LogP contribution >= 0.6 is 11.6 Å². The molecule has 0 saturated carbocycles. The van der Waals surface area contributed by atoms with Crippen molar-refractivity contribution in [1.82, 2.24) is 0 Å². The van der Waals surface area contributed by atoms with Gasteiger partial charge in [-0.15, -0.1) is 0 Å². The van der Waals surface area contributed by atoms with E-state index >= 15 is 0 Å². The summed E-state index contributed by atoms with van der Waals surface area (Å²) in [4.78, 5) is 14.7. The fourth-order valence-corrected chi connectivity index (χ4v) is 3.73. The molecule has 4 rings (SSSR count). The van der Waals surface area contributed by atoms with Crippen LogP contribution in [0.15, 0.2) is 42.5 Å². The van der Waals surface area contributed by atoms with Gasteiger partial charge in [-0.3, -0.25) is 4.79 Å². The van der Waals surface area contributed by atoms with Crippen LogP contribution in [0.5, 0.6) is 11.5 Å². The van der Waals surface area contributed by atoms with Crippen molar-refractivity contribution in [3.63, 3.8) is 0 Å². The highest BCUT2D eigenvalue weighted by Crippen LogP contribution is 2.38. The number of anilines is 1. The van der Waals surface area contributed by atoms with Crippen molar-refractivity contribution in [2.24, 2.45) is 0 Å². The van der Waals surface area contributed by atoms with Crippen molar-refractivity contribution < 1.29 is 19.4 Å². The Labute approximate surface area is 169 Å². The summed E-state index contributed by atoms with van der Waals surface area (Å²) in [6.07, 6.45) is 4.62. The molecule has 5 nitrogen and oxygen atoms in total. The molecule has 1 N–H and O–H groups in total. The average Bonchev–Trinajstić information content (AvgIpc) is 2.73. The Balaban J connectivity index is 1.44. The van der Waals surface area contributed by atoms with Crippen LogP contribution in [0.3, 0.4) is 0 Å². The Bertz CT molecular complexity index is 886. The first-order chi connectivity index (χ1) is 13.6. The van der Waals surface area contributed by atoms with Gasteiger partial charge in [-0.25, -0.2) is 0 Å². The molecule has 0 aromatic heterocycles. The number of benzene rings is 2. The first kappa shape index (κ1) is 18.8. The number of aliphatic hydroxyl groups excluding tert-OH is 1. The topological polar surface area (TPSA) is 59.0 Å². The van der Waals surface area contributed by atoms with Crippen LogP contribution in [0.25, 0.3) is 6.08 Å². The highest BCUT2D eigenvalue weighted by Gasteiger charge is 2.18. The van der Waals surface area contributed by atoms with Gasteiger partial charge in [-0.1, -0.05) is 17.7 Å². The van der Waals surface area contributed by atoms with Gasteiger partial charge in [0, 0.05) is 24.3 Å². The zero-order valence-corrected chi connectivity index (χ0v) is 16.2. The lowest BCUT2D eigenvalue weighted by Gasteiger charge is -2.31. The van der Waals surface area contributed by atoms with Crippen LogP contribution in [-0.2, 0) is 0 Å². The van der Waals surface area contributed by atoms with E-state index in [0.29, 0.717) is 35.3 Å². The number of allylic oxidation sites excluding steroid dienone is 1. The number of piperidine rings is 1. The number of ether oxygens (including phenoxy) is 2. The monoisotopic (exact) mass is 399 g/mol. The summed E-state index contributed by atoms with van der Waals surface area (Å²) in [6, 6.07) is 11.2. The number of aliphatic hydroxyl groups is 1. The van der Waals surface area contributed by atoms with Crippen molar-refractivity contribution in [2.45, 2.75) is 18.9 Å². The molecule has 6 heteroatoms. The minimum atomic E-state index is -0.198. The lowest BCUT2D eigenvalue weighted by molar-refractivity contribution is 0.104. The van der Waals surface area contributed by atoms with E-state index in [-0.39, 0.29) is 11.9 Å². The fourth-order valence-electron chi connectivity index (χ4n) is 3.46. The number of hydrogen-bond acceptors (Lipinski definition) is 5. The SMILES string of the molecule is O=C(C=Cc1cc(Cl)c2c(c1)OCCO2)c1ccc(N2CCC(O)CC2)cc1. The van der Waals surface area contributed by atoms with Gasteiger partial charge in [0.15, 0.2) is 17.3 Å². The summed E-state index contributed by atoms with van der Waals surface area (Å²) < 4.78 is 11.1. The highest BCUT2D eigenvalue weighted by atomic mass is 35.5. The molecule has 28 heavy (non-hydrogen) atoms. The Morgan fingerprint density at radius 2 is 1.82 bits per heavy atom. The van der Waals surface area contributed by atoms with E-state index in [1.54, 1.807) is 12.1 Å². The number of rotatable bonds is 4. The van der Waals surface area contributed by atoms with Crippen LogP contribution in [-0.4, -0.2) is 43.3 Å². The Hall–Kier alpha value is -2.50. The summed E-state index contributed by atoms with van der Waals surface area (Å²) >= 11 is 6.24.